The van der Waals surface area contributed by atoms with Crippen LogP contribution in [0.1, 0.15) is 52.6 Å². The minimum absolute atomic E-state index is 0.221. The lowest BCUT2D eigenvalue weighted by atomic mass is 9.99. The average molecular weight is 383 g/mol. The second kappa shape index (κ2) is 8.66. The van der Waals surface area contributed by atoms with Gasteiger partial charge < -0.3 is 13.8 Å². The molecule has 1 heterocycles. The number of carbonyl (C=O) groups is 1. The fourth-order valence-electron chi connectivity index (χ4n) is 3.37. The molecule has 0 aromatic heterocycles. The summed E-state index contributed by atoms with van der Waals surface area (Å²) in [7, 11) is -3.41. The van der Waals surface area contributed by atoms with Gasteiger partial charge in [-0.1, -0.05) is 30.3 Å². The Labute approximate surface area is 156 Å². The first-order valence-corrected chi connectivity index (χ1v) is 10.8. The van der Waals surface area contributed by atoms with E-state index in [0.29, 0.717) is 6.42 Å². The van der Waals surface area contributed by atoms with Crippen molar-refractivity contribution in [3.05, 3.63) is 35.9 Å². The Morgan fingerprint density at radius 1 is 1.23 bits per heavy atom. The minimum atomic E-state index is -3.41. The average Bonchev–Trinajstić information content (AvgIpc) is 2.96. The number of benzene rings is 1. The van der Waals surface area contributed by atoms with Gasteiger partial charge in [0.15, 0.2) is 0 Å². The van der Waals surface area contributed by atoms with Crippen LogP contribution in [0.2, 0.25) is 0 Å². The molecule has 0 unspecified atom stereocenters. The molecular formula is C19H30NO5P. The van der Waals surface area contributed by atoms with Crippen molar-refractivity contribution < 1.29 is 23.1 Å². The molecule has 7 heteroatoms. The lowest BCUT2D eigenvalue weighted by Gasteiger charge is -2.27. The summed E-state index contributed by atoms with van der Waals surface area (Å²) in [6, 6.07) is 9.33. The number of ether oxygens (including phenoxy) is 1. The zero-order valence-electron chi connectivity index (χ0n) is 16.2. The predicted molar refractivity (Wildman–Crippen MR) is 101 cm³/mol. The van der Waals surface area contributed by atoms with E-state index in [0.717, 1.165) is 5.56 Å². The third-order valence-electron chi connectivity index (χ3n) is 4.45. The van der Waals surface area contributed by atoms with E-state index in [9.17, 15) is 9.36 Å². The van der Waals surface area contributed by atoms with E-state index in [4.69, 9.17) is 13.8 Å². The normalized spacial score (nSPS) is 26.2. The lowest BCUT2D eigenvalue weighted by molar-refractivity contribution is -0.154. The Morgan fingerprint density at radius 3 is 2.31 bits per heavy atom. The molecule has 1 N–H and O–H groups in total. The molecular weight excluding hydrogens is 353 g/mol. The van der Waals surface area contributed by atoms with Crippen molar-refractivity contribution in [2.75, 3.05) is 13.2 Å². The van der Waals surface area contributed by atoms with Crippen LogP contribution in [0.15, 0.2) is 30.3 Å². The first-order valence-electron chi connectivity index (χ1n) is 9.18. The van der Waals surface area contributed by atoms with E-state index in [1.54, 1.807) is 20.8 Å². The third kappa shape index (κ3) is 4.55. The van der Waals surface area contributed by atoms with Crippen molar-refractivity contribution in [2.24, 2.45) is 0 Å². The number of rotatable bonds is 8. The van der Waals surface area contributed by atoms with Crippen LogP contribution in [0.4, 0.5) is 0 Å². The molecule has 1 aromatic carbocycles. The number of carbonyl (C=O) groups excluding carboxylic acids is 1. The predicted octanol–water partition coefficient (Wildman–Crippen LogP) is 4.07. The van der Waals surface area contributed by atoms with Gasteiger partial charge in [-0.15, -0.1) is 0 Å². The first kappa shape index (κ1) is 21.1. The fraction of sp³-hybridized carbons (Fsp3) is 0.632. The summed E-state index contributed by atoms with van der Waals surface area (Å²) >= 11 is 0. The highest BCUT2D eigenvalue weighted by Gasteiger charge is 2.55. The Morgan fingerprint density at radius 2 is 1.81 bits per heavy atom. The molecule has 1 aliphatic heterocycles. The molecule has 6 nitrogen and oxygen atoms in total. The lowest BCUT2D eigenvalue weighted by Crippen LogP contribution is -2.47. The fourth-order valence-corrected chi connectivity index (χ4v) is 5.75. The molecule has 26 heavy (non-hydrogen) atoms. The summed E-state index contributed by atoms with van der Waals surface area (Å²) in [5.41, 5.74) is -0.494. The zero-order chi connectivity index (χ0) is 19.4. The third-order valence-corrected chi connectivity index (χ3v) is 6.98. The van der Waals surface area contributed by atoms with Crippen molar-refractivity contribution >= 4 is 13.6 Å². The second-order valence-corrected chi connectivity index (χ2v) is 9.23. The molecule has 0 aliphatic carbocycles. The highest BCUT2D eigenvalue weighted by atomic mass is 31.2. The van der Waals surface area contributed by atoms with Crippen LogP contribution in [0.5, 0.6) is 0 Å². The largest absolute Gasteiger partial charge is 0.462 e. The highest BCUT2D eigenvalue weighted by Crippen LogP contribution is 2.61. The molecule has 0 radical (unpaired) electrons. The van der Waals surface area contributed by atoms with Gasteiger partial charge in [0.05, 0.1) is 25.0 Å². The van der Waals surface area contributed by atoms with Gasteiger partial charge >= 0.3 is 13.6 Å². The monoisotopic (exact) mass is 383 g/mol. The van der Waals surface area contributed by atoms with E-state index in [1.165, 1.54) is 0 Å². The van der Waals surface area contributed by atoms with Crippen molar-refractivity contribution in [2.45, 2.75) is 64.4 Å². The number of hydrogen-bond acceptors (Lipinski definition) is 6. The van der Waals surface area contributed by atoms with E-state index >= 15 is 0 Å². The van der Waals surface area contributed by atoms with Gasteiger partial charge in [-0.2, -0.15) is 0 Å². The zero-order valence-corrected chi connectivity index (χ0v) is 17.1. The molecule has 0 bridgehead atoms. The van der Waals surface area contributed by atoms with Crippen molar-refractivity contribution in [3.8, 4) is 0 Å². The van der Waals surface area contributed by atoms with Crippen LogP contribution >= 0.6 is 7.60 Å². The van der Waals surface area contributed by atoms with Gasteiger partial charge in [-0.05, 0) is 46.6 Å². The SMILES string of the molecule is CCOP(=O)(OCC)[C@@H]1C[C@](C)(C(=O)OC(C)C)N[C@@H]1c1ccccc1. The van der Waals surface area contributed by atoms with Crippen LogP contribution in [-0.4, -0.2) is 36.5 Å². The Hall–Kier alpha value is -1.20. The number of hydrogen-bond donors (Lipinski definition) is 1. The molecule has 3 atom stereocenters. The molecule has 0 saturated carbocycles. The summed E-state index contributed by atoms with van der Waals surface area (Å²) < 4.78 is 30.1. The second-order valence-electron chi connectivity index (χ2n) is 6.97. The molecule has 0 amide bonds. The summed E-state index contributed by atoms with van der Waals surface area (Å²) in [4.78, 5) is 12.7. The van der Waals surface area contributed by atoms with Gasteiger partial charge in [0.25, 0.3) is 0 Å². The highest BCUT2D eigenvalue weighted by molar-refractivity contribution is 7.54. The van der Waals surface area contributed by atoms with Crippen LogP contribution in [0.3, 0.4) is 0 Å². The molecule has 1 saturated heterocycles. The van der Waals surface area contributed by atoms with Gasteiger partial charge in [0.2, 0.25) is 0 Å². The summed E-state index contributed by atoms with van der Waals surface area (Å²) in [5.74, 6) is -0.351. The standard InChI is InChI=1S/C19H30NO5P/c1-6-23-26(22,24-7-2)16-13-19(5,18(21)25-14(3)4)20-17(16)15-11-9-8-10-12-15/h8-12,14,16-17,20H,6-7,13H2,1-5H3/t16-,17-,19-/m1/s1. The van der Waals surface area contributed by atoms with Crippen molar-refractivity contribution in [3.63, 3.8) is 0 Å². The van der Waals surface area contributed by atoms with Gasteiger partial charge in [-0.3, -0.25) is 14.7 Å². The van der Waals surface area contributed by atoms with E-state index < -0.39 is 18.8 Å². The van der Waals surface area contributed by atoms with E-state index in [2.05, 4.69) is 5.32 Å². The summed E-state index contributed by atoms with van der Waals surface area (Å²) in [6.07, 6.45) is 0.0935. The van der Waals surface area contributed by atoms with Crippen molar-refractivity contribution in [1.29, 1.82) is 0 Å². The molecule has 2 rings (SSSR count). The molecule has 1 aliphatic rings. The molecule has 1 aromatic rings. The van der Waals surface area contributed by atoms with Crippen LogP contribution in [0.25, 0.3) is 0 Å². The van der Waals surface area contributed by atoms with E-state index in [-0.39, 0.29) is 31.3 Å². The smallest absolute Gasteiger partial charge is 0.335 e. The van der Waals surface area contributed by atoms with E-state index in [1.807, 2.05) is 44.2 Å². The molecule has 0 spiro atoms. The summed E-state index contributed by atoms with van der Waals surface area (Å²) in [5, 5.41) is 3.35. The van der Waals surface area contributed by atoms with Crippen LogP contribution < -0.4 is 5.32 Å². The van der Waals surface area contributed by atoms with Crippen molar-refractivity contribution in [1.82, 2.24) is 5.32 Å². The first-order chi connectivity index (χ1) is 12.3. The maximum atomic E-state index is 13.5. The topological polar surface area (TPSA) is 73.9 Å². The van der Waals surface area contributed by atoms with Gasteiger partial charge in [0.1, 0.15) is 5.54 Å². The van der Waals surface area contributed by atoms with Crippen LogP contribution in [0, 0.1) is 0 Å². The summed E-state index contributed by atoms with van der Waals surface area (Å²) in [6.45, 7) is 9.55. The Bertz CT molecular complexity index is 641. The Kier molecular flexibility index (Phi) is 7.03. The molecule has 1 fully saturated rings. The van der Waals surface area contributed by atoms with Crippen LogP contribution in [-0.2, 0) is 23.1 Å². The van der Waals surface area contributed by atoms with Gasteiger partial charge in [-0.25, -0.2) is 0 Å². The maximum Gasteiger partial charge on any atom is 0.335 e. The number of nitrogens with one attached hydrogen (secondary N) is 1. The maximum absolute atomic E-state index is 13.5. The number of esters is 1. The van der Waals surface area contributed by atoms with Gasteiger partial charge in [0, 0.05) is 6.04 Å². The Balaban J connectivity index is 2.41. The minimum Gasteiger partial charge on any atom is -0.462 e. The quantitative estimate of drug-likeness (QED) is 0.539. The molecule has 146 valence electrons.